The zero-order valence-electron chi connectivity index (χ0n) is 15.2. The molecule has 7 nitrogen and oxygen atoms in total. The number of para-hydroxylation sites is 2. The predicted octanol–water partition coefficient (Wildman–Crippen LogP) is 2.44. The highest BCUT2D eigenvalue weighted by Gasteiger charge is 2.34. The van der Waals surface area contributed by atoms with E-state index < -0.39 is 0 Å². The molecule has 0 aliphatic carbocycles. The van der Waals surface area contributed by atoms with Crippen LogP contribution in [0.2, 0.25) is 0 Å². The summed E-state index contributed by atoms with van der Waals surface area (Å²) in [7, 11) is 1.73. The summed E-state index contributed by atoms with van der Waals surface area (Å²) < 4.78 is 1.55. The highest BCUT2D eigenvalue weighted by molar-refractivity contribution is 6.17. The lowest BCUT2D eigenvalue weighted by atomic mass is 10.2. The Morgan fingerprint density at radius 3 is 2.73 bits per heavy atom. The van der Waals surface area contributed by atoms with Crippen LogP contribution < -0.4 is 10.2 Å². The van der Waals surface area contributed by atoms with E-state index >= 15 is 0 Å². The Bertz CT molecular complexity index is 867. The van der Waals surface area contributed by atoms with Gasteiger partial charge in [-0.05, 0) is 45.0 Å². The van der Waals surface area contributed by atoms with E-state index in [0.717, 1.165) is 19.6 Å². The minimum absolute atomic E-state index is 0.0156. The Morgan fingerprint density at radius 2 is 1.96 bits per heavy atom. The molecule has 1 fully saturated rings. The number of hydrogen-bond donors (Lipinski definition) is 1. The summed E-state index contributed by atoms with van der Waals surface area (Å²) in [5.41, 5.74) is 3.00. The Kier molecular flexibility index (Phi) is 4.24. The second kappa shape index (κ2) is 6.57. The summed E-state index contributed by atoms with van der Waals surface area (Å²) >= 11 is 0. The lowest BCUT2D eigenvalue weighted by molar-refractivity contribution is -0.118. The van der Waals surface area contributed by atoms with Crippen LogP contribution in [0.1, 0.15) is 35.4 Å². The lowest BCUT2D eigenvalue weighted by Crippen LogP contribution is -2.31. The fourth-order valence-corrected chi connectivity index (χ4v) is 3.88. The van der Waals surface area contributed by atoms with Gasteiger partial charge < -0.3 is 10.2 Å². The number of anilines is 3. The molecule has 3 heterocycles. The summed E-state index contributed by atoms with van der Waals surface area (Å²) in [6, 6.07) is 7.42. The first kappa shape index (κ1) is 16.8. The third kappa shape index (κ3) is 2.78. The number of rotatable bonds is 3. The average molecular weight is 353 g/mol. The molecule has 0 bridgehead atoms. The van der Waals surface area contributed by atoms with E-state index in [1.807, 2.05) is 31.2 Å². The smallest absolute Gasteiger partial charge is 0.276 e. The molecular formula is C19H23N5O2. The first-order chi connectivity index (χ1) is 12.6. The maximum Gasteiger partial charge on any atom is 0.276 e. The molecule has 7 heteroatoms. The van der Waals surface area contributed by atoms with Gasteiger partial charge in [0.2, 0.25) is 5.91 Å². The summed E-state index contributed by atoms with van der Waals surface area (Å²) in [6.45, 7) is 4.69. The first-order valence-electron chi connectivity index (χ1n) is 9.05. The van der Waals surface area contributed by atoms with Crippen molar-refractivity contribution < 1.29 is 9.59 Å². The maximum absolute atomic E-state index is 13.2. The van der Waals surface area contributed by atoms with Gasteiger partial charge in [-0.15, -0.1) is 0 Å². The minimum Gasteiger partial charge on any atom is -0.319 e. The van der Waals surface area contributed by atoms with Crippen molar-refractivity contribution in [1.82, 2.24) is 14.7 Å². The van der Waals surface area contributed by atoms with Crippen molar-refractivity contribution >= 4 is 28.9 Å². The molecule has 1 N–H and O–H groups in total. The van der Waals surface area contributed by atoms with Gasteiger partial charge >= 0.3 is 0 Å². The number of nitrogens with zero attached hydrogens (tertiary/aromatic N) is 4. The van der Waals surface area contributed by atoms with Gasteiger partial charge in [-0.25, -0.2) is 0 Å². The molecule has 0 atom stereocenters. The molecule has 1 aromatic heterocycles. The fourth-order valence-electron chi connectivity index (χ4n) is 3.88. The van der Waals surface area contributed by atoms with E-state index in [9.17, 15) is 9.59 Å². The van der Waals surface area contributed by atoms with Gasteiger partial charge in [-0.2, -0.15) is 5.10 Å². The number of hydrogen-bond acceptors (Lipinski definition) is 4. The monoisotopic (exact) mass is 353 g/mol. The Labute approximate surface area is 152 Å². The molecule has 1 saturated heterocycles. The number of aryl methyl sites for hydroxylation is 2. The second-order valence-corrected chi connectivity index (χ2v) is 6.91. The molecule has 2 aromatic rings. The highest BCUT2D eigenvalue weighted by atomic mass is 16.2. The molecule has 2 aliphatic rings. The topological polar surface area (TPSA) is 70.5 Å². The number of carbonyl (C=O) groups is 2. The molecule has 0 unspecified atom stereocenters. The van der Waals surface area contributed by atoms with Crippen LogP contribution in [-0.4, -0.2) is 46.1 Å². The number of benzene rings is 1. The van der Waals surface area contributed by atoms with Crippen LogP contribution in [0.5, 0.6) is 0 Å². The lowest BCUT2D eigenvalue weighted by Gasteiger charge is -2.24. The van der Waals surface area contributed by atoms with Crippen LogP contribution in [0.25, 0.3) is 0 Å². The Morgan fingerprint density at radius 1 is 1.23 bits per heavy atom. The molecule has 0 spiro atoms. The fraction of sp³-hybridized carbons (Fsp3) is 0.421. The Balaban J connectivity index is 1.75. The first-order valence-corrected chi connectivity index (χ1v) is 9.05. The van der Waals surface area contributed by atoms with Gasteiger partial charge in [0.25, 0.3) is 5.91 Å². The van der Waals surface area contributed by atoms with Gasteiger partial charge in [-0.1, -0.05) is 12.1 Å². The third-order valence-corrected chi connectivity index (χ3v) is 5.11. The largest absolute Gasteiger partial charge is 0.319 e. The molecule has 2 aliphatic heterocycles. The van der Waals surface area contributed by atoms with Crippen molar-refractivity contribution in [2.75, 3.05) is 29.9 Å². The normalized spacial score (nSPS) is 16.8. The second-order valence-electron chi connectivity index (χ2n) is 6.91. The molecule has 0 radical (unpaired) electrons. The number of nitrogens with one attached hydrogen (secondary N) is 1. The summed E-state index contributed by atoms with van der Waals surface area (Å²) in [4.78, 5) is 29.9. The number of aromatic nitrogens is 2. The van der Waals surface area contributed by atoms with E-state index in [1.165, 1.54) is 12.8 Å². The van der Waals surface area contributed by atoms with Crippen molar-refractivity contribution in [3.8, 4) is 0 Å². The number of amides is 2. The molecule has 4 rings (SSSR count). The van der Waals surface area contributed by atoms with Crippen molar-refractivity contribution in [2.24, 2.45) is 7.05 Å². The van der Waals surface area contributed by atoms with Gasteiger partial charge in [0, 0.05) is 20.0 Å². The predicted molar refractivity (Wildman–Crippen MR) is 99.8 cm³/mol. The van der Waals surface area contributed by atoms with E-state index in [2.05, 4.69) is 15.3 Å². The highest BCUT2D eigenvalue weighted by Crippen LogP contribution is 2.39. The van der Waals surface area contributed by atoms with Crippen LogP contribution in [0.15, 0.2) is 24.3 Å². The summed E-state index contributed by atoms with van der Waals surface area (Å²) in [5.74, 6) is -0.261. The third-order valence-electron chi connectivity index (χ3n) is 5.11. The van der Waals surface area contributed by atoms with Crippen molar-refractivity contribution in [1.29, 1.82) is 0 Å². The molecule has 136 valence electrons. The molecule has 0 saturated carbocycles. The van der Waals surface area contributed by atoms with Crippen LogP contribution in [0.3, 0.4) is 0 Å². The minimum atomic E-state index is -0.245. The average Bonchev–Trinajstić information content (AvgIpc) is 3.19. The standard InChI is InChI=1S/C19H23N5O2/c1-13-17-18(22(2)21-13)19(26)20-14-7-3-4-8-15(14)24(17)16(25)9-12-23-10-5-6-11-23/h3-4,7-8H,5-6,9-12H2,1-2H3,(H,20,26). The van der Waals surface area contributed by atoms with Crippen molar-refractivity contribution in [3.63, 3.8) is 0 Å². The molecule has 26 heavy (non-hydrogen) atoms. The van der Waals surface area contributed by atoms with Crippen LogP contribution in [-0.2, 0) is 11.8 Å². The van der Waals surface area contributed by atoms with E-state index in [1.54, 1.807) is 16.6 Å². The van der Waals surface area contributed by atoms with Gasteiger partial charge in [0.05, 0.1) is 17.1 Å². The van der Waals surface area contributed by atoms with Gasteiger partial charge in [-0.3, -0.25) is 19.2 Å². The molecular weight excluding hydrogens is 330 g/mol. The number of fused-ring (bicyclic) bond motifs is 2. The van der Waals surface area contributed by atoms with Crippen molar-refractivity contribution in [2.45, 2.75) is 26.2 Å². The van der Waals surface area contributed by atoms with Crippen LogP contribution in [0.4, 0.5) is 17.1 Å². The van der Waals surface area contributed by atoms with E-state index in [0.29, 0.717) is 34.9 Å². The van der Waals surface area contributed by atoms with Gasteiger partial charge in [0.15, 0.2) is 5.69 Å². The zero-order chi connectivity index (χ0) is 18.3. The van der Waals surface area contributed by atoms with Crippen LogP contribution in [0, 0.1) is 6.92 Å². The molecule has 1 aromatic carbocycles. The van der Waals surface area contributed by atoms with E-state index in [-0.39, 0.29) is 11.8 Å². The Hall–Kier alpha value is -2.67. The SMILES string of the molecule is Cc1nn(C)c2c1N(C(=O)CCN1CCCC1)c1ccccc1NC2=O. The zero-order valence-corrected chi connectivity index (χ0v) is 15.2. The summed E-state index contributed by atoms with van der Waals surface area (Å²) in [5, 5.41) is 7.29. The van der Waals surface area contributed by atoms with Crippen molar-refractivity contribution in [3.05, 3.63) is 35.7 Å². The van der Waals surface area contributed by atoms with Crippen LogP contribution >= 0.6 is 0 Å². The van der Waals surface area contributed by atoms with E-state index in [4.69, 9.17) is 0 Å². The number of carbonyl (C=O) groups excluding carboxylic acids is 2. The maximum atomic E-state index is 13.2. The molecule has 2 amide bonds. The van der Waals surface area contributed by atoms with Gasteiger partial charge in [0.1, 0.15) is 5.69 Å². The summed E-state index contributed by atoms with van der Waals surface area (Å²) in [6.07, 6.45) is 2.81. The quantitative estimate of drug-likeness (QED) is 0.920. The number of likely N-dealkylation sites (tertiary alicyclic amines) is 1.